The molecule has 3 rings (SSSR count). The predicted octanol–water partition coefficient (Wildman–Crippen LogP) is 3.79. The van der Waals surface area contributed by atoms with Crippen molar-refractivity contribution in [3.8, 4) is 0 Å². The lowest BCUT2D eigenvalue weighted by Crippen LogP contribution is -2.13. The van der Waals surface area contributed by atoms with Gasteiger partial charge in [0.1, 0.15) is 0 Å². The molecule has 1 atom stereocenters. The first-order valence-corrected chi connectivity index (χ1v) is 6.88. The molecular weight excluding hydrogens is 244 g/mol. The molecule has 0 aliphatic carbocycles. The number of benzene rings is 2. The second-order valence-electron chi connectivity index (χ2n) is 5.23. The standard InChI is InChI=1S/C18H18N2/c1-13-6-8-17(12-20-13)18(19)11-14-7-9-15-4-2-3-5-16(15)10-14/h2-10,12,18H,11,19H2,1H3. The van der Waals surface area contributed by atoms with E-state index in [9.17, 15) is 0 Å². The number of hydrogen-bond donors (Lipinski definition) is 1. The monoisotopic (exact) mass is 262 g/mol. The number of rotatable bonds is 3. The Hall–Kier alpha value is -2.19. The van der Waals surface area contributed by atoms with E-state index in [1.807, 2.05) is 19.2 Å². The van der Waals surface area contributed by atoms with E-state index in [4.69, 9.17) is 5.73 Å². The largest absolute Gasteiger partial charge is 0.324 e. The Morgan fingerprint density at radius 3 is 2.55 bits per heavy atom. The van der Waals surface area contributed by atoms with Crippen molar-refractivity contribution in [1.29, 1.82) is 0 Å². The summed E-state index contributed by atoms with van der Waals surface area (Å²) in [6.07, 6.45) is 2.70. The summed E-state index contributed by atoms with van der Waals surface area (Å²) in [6, 6.07) is 19.0. The van der Waals surface area contributed by atoms with Crippen LogP contribution in [-0.2, 0) is 6.42 Å². The van der Waals surface area contributed by atoms with Crippen molar-refractivity contribution < 1.29 is 0 Å². The van der Waals surface area contributed by atoms with E-state index in [-0.39, 0.29) is 6.04 Å². The summed E-state index contributed by atoms with van der Waals surface area (Å²) < 4.78 is 0. The predicted molar refractivity (Wildman–Crippen MR) is 83.6 cm³/mol. The number of aryl methyl sites for hydroxylation is 1. The van der Waals surface area contributed by atoms with Crippen molar-refractivity contribution in [1.82, 2.24) is 4.98 Å². The van der Waals surface area contributed by atoms with Crippen LogP contribution in [0.3, 0.4) is 0 Å². The molecule has 0 aliphatic rings. The van der Waals surface area contributed by atoms with Crippen molar-refractivity contribution in [2.24, 2.45) is 5.73 Å². The number of fused-ring (bicyclic) bond motifs is 1. The summed E-state index contributed by atoms with van der Waals surface area (Å²) >= 11 is 0. The highest BCUT2D eigenvalue weighted by Crippen LogP contribution is 2.20. The van der Waals surface area contributed by atoms with E-state index in [1.165, 1.54) is 16.3 Å². The summed E-state index contributed by atoms with van der Waals surface area (Å²) in [7, 11) is 0. The summed E-state index contributed by atoms with van der Waals surface area (Å²) in [4.78, 5) is 4.31. The SMILES string of the molecule is Cc1ccc(C(N)Cc2ccc3ccccc3c2)cn1. The van der Waals surface area contributed by atoms with Gasteiger partial charge in [0.2, 0.25) is 0 Å². The molecule has 100 valence electrons. The van der Waals surface area contributed by atoms with Crippen LogP contribution in [0.25, 0.3) is 10.8 Å². The van der Waals surface area contributed by atoms with Crippen molar-refractivity contribution >= 4 is 10.8 Å². The number of pyridine rings is 1. The second kappa shape index (κ2) is 5.43. The molecule has 0 saturated heterocycles. The first-order valence-electron chi connectivity index (χ1n) is 6.88. The van der Waals surface area contributed by atoms with Crippen molar-refractivity contribution in [3.63, 3.8) is 0 Å². The van der Waals surface area contributed by atoms with E-state index in [0.717, 1.165) is 17.7 Å². The van der Waals surface area contributed by atoms with E-state index in [0.29, 0.717) is 0 Å². The van der Waals surface area contributed by atoms with E-state index in [2.05, 4.69) is 53.5 Å². The number of aromatic nitrogens is 1. The quantitative estimate of drug-likeness (QED) is 0.780. The van der Waals surface area contributed by atoms with Crippen molar-refractivity contribution in [3.05, 3.63) is 77.6 Å². The Morgan fingerprint density at radius 1 is 1.00 bits per heavy atom. The first-order chi connectivity index (χ1) is 9.72. The minimum Gasteiger partial charge on any atom is -0.324 e. The minimum atomic E-state index is -0.00994. The lowest BCUT2D eigenvalue weighted by molar-refractivity contribution is 0.718. The molecule has 0 bridgehead atoms. The second-order valence-corrected chi connectivity index (χ2v) is 5.23. The van der Waals surface area contributed by atoms with E-state index < -0.39 is 0 Å². The van der Waals surface area contributed by atoms with Crippen LogP contribution in [0.1, 0.15) is 22.9 Å². The van der Waals surface area contributed by atoms with Gasteiger partial charge >= 0.3 is 0 Å². The molecule has 2 heteroatoms. The van der Waals surface area contributed by atoms with Crippen LogP contribution >= 0.6 is 0 Å². The normalized spacial score (nSPS) is 12.5. The zero-order valence-corrected chi connectivity index (χ0v) is 11.6. The molecule has 2 aromatic carbocycles. The molecule has 1 aromatic heterocycles. The topological polar surface area (TPSA) is 38.9 Å². The van der Waals surface area contributed by atoms with Crippen molar-refractivity contribution in [2.45, 2.75) is 19.4 Å². The fourth-order valence-corrected chi connectivity index (χ4v) is 2.44. The smallest absolute Gasteiger partial charge is 0.0372 e. The lowest BCUT2D eigenvalue weighted by atomic mass is 9.98. The van der Waals surface area contributed by atoms with E-state index >= 15 is 0 Å². The average Bonchev–Trinajstić information content (AvgIpc) is 2.48. The molecule has 1 unspecified atom stereocenters. The third-order valence-corrected chi connectivity index (χ3v) is 3.63. The van der Waals surface area contributed by atoms with Crippen LogP contribution in [0, 0.1) is 6.92 Å². The number of nitrogens with zero attached hydrogens (tertiary/aromatic N) is 1. The highest BCUT2D eigenvalue weighted by molar-refractivity contribution is 5.83. The summed E-state index contributed by atoms with van der Waals surface area (Å²) in [6.45, 7) is 1.98. The Morgan fingerprint density at radius 2 is 1.80 bits per heavy atom. The summed E-state index contributed by atoms with van der Waals surface area (Å²) in [5.74, 6) is 0. The van der Waals surface area contributed by atoms with Gasteiger partial charge in [0.25, 0.3) is 0 Å². The van der Waals surface area contributed by atoms with Gasteiger partial charge in [-0.05, 0) is 41.3 Å². The molecule has 0 radical (unpaired) electrons. The molecule has 0 aliphatic heterocycles. The van der Waals surface area contributed by atoms with Gasteiger partial charge in [-0.3, -0.25) is 4.98 Å². The fourth-order valence-electron chi connectivity index (χ4n) is 2.44. The van der Waals surface area contributed by atoms with Gasteiger partial charge < -0.3 is 5.73 Å². The number of nitrogens with two attached hydrogens (primary N) is 1. The highest BCUT2D eigenvalue weighted by atomic mass is 14.7. The summed E-state index contributed by atoms with van der Waals surface area (Å²) in [5, 5.41) is 2.53. The first kappa shape index (κ1) is 12.8. The fraction of sp³-hybridized carbons (Fsp3) is 0.167. The van der Waals surface area contributed by atoms with E-state index in [1.54, 1.807) is 0 Å². The van der Waals surface area contributed by atoms with Crippen LogP contribution in [0.2, 0.25) is 0 Å². The van der Waals surface area contributed by atoms with Crippen LogP contribution < -0.4 is 5.73 Å². The minimum absolute atomic E-state index is 0.00994. The Kier molecular flexibility index (Phi) is 3.48. The van der Waals surface area contributed by atoms with Gasteiger partial charge in [0, 0.05) is 17.9 Å². The molecule has 0 amide bonds. The third-order valence-electron chi connectivity index (χ3n) is 3.63. The zero-order valence-electron chi connectivity index (χ0n) is 11.6. The Labute approximate surface area is 119 Å². The van der Waals surface area contributed by atoms with Gasteiger partial charge in [0.15, 0.2) is 0 Å². The van der Waals surface area contributed by atoms with Crippen LogP contribution in [-0.4, -0.2) is 4.98 Å². The molecular formula is C18H18N2. The molecule has 0 spiro atoms. The zero-order chi connectivity index (χ0) is 13.9. The van der Waals surface area contributed by atoms with Crippen LogP contribution in [0.15, 0.2) is 60.8 Å². The number of hydrogen-bond acceptors (Lipinski definition) is 2. The maximum atomic E-state index is 6.28. The Bertz CT molecular complexity index is 717. The lowest BCUT2D eigenvalue weighted by Gasteiger charge is -2.12. The van der Waals surface area contributed by atoms with Gasteiger partial charge in [0.05, 0.1) is 0 Å². The van der Waals surface area contributed by atoms with Gasteiger partial charge in [-0.25, -0.2) is 0 Å². The molecule has 2 nitrogen and oxygen atoms in total. The molecule has 2 N–H and O–H groups in total. The molecule has 20 heavy (non-hydrogen) atoms. The molecule has 0 saturated carbocycles. The molecule has 1 heterocycles. The maximum Gasteiger partial charge on any atom is 0.0372 e. The van der Waals surface area contributed by atoms with Gasteiger partial charge in [-0.2, -0.15) is 0 Å². The highest BCUT2D eigenvalue weighted by Gasteiger charge is 2.08. The van der Waals surface area contributed by atoms with Gasteiger partial charge in [-0.1, -0.05) is 48.5 Å². The maximum absolute atomic E-state index is 6.28. The van der Waals surface area contributed by atoms with Crippen molar-refractivity contribution in [2.75, 3.05) is 0 Å². The summed E-state index contributed by atoms with van der Waals surface area (Å²) in [5.41, 5.74) is 9.65. The average molecular weight is 262 g/mol. The van der Waals surface area contributed by atoms with Gasteiger partial charge in [-0.15, -0.1) is 0 Å². The molecule has 3 aromatic rings. The Balaban J connectivity index is 1.83. The van der Waals surface area contributed by atoms with Crippen LogP contribution in [0.4, 0.5) is 0 Å². The molecule has 0 fully saturated rings. The third kappa shape index (κ3) is 2.70. The van der Waals surface area contributed by atoms with Crippen LogP contribution in [0.5, 0.6) is 0 Å².